The minimum absolute atomic E-state index is 0.723. The lowest BCUT2D eigenvalue weighted by atomic mass is 9.79. The topological polar surface area (TPSA) is 21.3 Å². The molecule has 0 heterocycles. The molecule has 0 aromatic rings. The number of rotatable bonds is 6. The molecular formula is C13H27NO. The molecular weight excluding hydrogens is 186 g/mol. The summed E-state index contributed by atoms with van der Waals surface area (Å²) in [4.78, 5) is 0. The van der Waals surface area contributed by atoms with Gasteiger partial charge >= 0.3 is 0 Å². The molecule has 0 spiro atoms. The maximum atomic E-state index is 5.25. The summed E-state index contributed by atoms with van der Waals surface area (Å²) in [5, 5.41) is 3.66. The average Bonchev–Trinajstić information content (AvgIpc) is 2.27. The van der Waals surface area contributed by atoms with E-state index in [9.17, 15) is 0 Å². The molecule has 0 aromatic heterocycles. The summed E-state index contributed by atoms with van der Waals surface area (Å²) < 4.78 is 5.25. The van der Waals surface area contributed by atoms with Crippen molar-refractivity contribution in [2.75, 3.05) is 20.3 Å². The zero-order chi connectivity index (χ0) is 11.1. The van der Waals surface area contributed by atoms with Gasteiger partial charge in [-0.15, -0.1) is 0 Å². The second kappa shape index (κ2) is 7.24. The highest BCUT2D eigenvalue weighted by molar-refractivity contribution is 4.80. The molecule has 0 radical (unpaired) electrons. The Labute approximate surface area is 94.8 Å². The number of ether oxygens (including phenoxy) is 1. The van der Waals surface area contributed by atoms with E-state index in [-0.39, 0.29) is 0 Å². The summed E-state index contributed by atoms with van der Waals surface area (Å²) in [6.45, 7) is 6.67. The van der Waals surface area contributed by atoms with Gasteiger partial charge in [-0.1, -0.05) is 20.3 Å². The van der Waals surface area contributed by atoms with Gasteiger partial charge in [-0.25, -0.2) is 0 Å². The van der Waals surface area contributed by atoms with E-state index in [0.717, 1.165) is 24.5 Å². The standard InChI is InChI=1S/C13H27NO/c1-4-8-14-13-7-5-6-12(9-13)11(2)10-15-3/h11-14H,4-10H2,1-3H3. The van der Waals surface area contributed by atoms with Gasteiger partial charge in [0.2, 0.25) is 0 Å². The highest BCUT2D eigenvalue weighted by atomic mass is 16.5. The molecule has 0 bridgehead atoms. The van der Waals surface area contributed by atoms with Gasteiger partial charge in [-0.2, -0.15) is 0 Å². The van der Waals surface area contributed by atoms with Crippen LogP contribution >= 0.6 is 0 Å². The quantitative estimate of drug-likeness (QED) is 0.732. The molecule has 1 aliphatic rings. The van der Waals surface area contributed by atoms with Crippen LogP contribution in [0.1, 0.15) is 46.0 Å². The zero-order valence-corrected chi connectivity index (χ0v) is 10.6. The van der Waals surface area contributed by atoms with Gasteiger partial charge in [0, 0.05) is 19.8 Å². The Morgan fingerprint density at radius 1 is 1.40 bits per heavy atom. The molecule has 0 aliphatic heterocycles. The predicted molar refractivity (Wildman–Crippen MR) is 65.1 cm³/mol. The number of methoxy groups -OCH3 is 1. The van der Waals surface area contributed by atoms with Crippen molar-refractivity contribution in [3.8, 4) is 0 Å². The van der Waals surface area contributed by atoms with Crippen molar-refractivity contribution in [2.24, 2.45) is 11.8 Å². The van der Waals surface area contributed by atoms with Crippen molar-refractivity contribution in [3.63, 3.8) is 0 Å². The molecule has 15 heavy (non-hydrogen) atoms. The van der Waals surface area contributed by atoms with Crippen LogP contribution < -0.4 is 5.32 Å². The van der Waals surface area contributed by atoms with Gasteiger partial charge in [0.05, 0.1) is 0 Å². The Hall–Kier alpha value is -0.0800. The SMILES string of the molecule is CCCNC1CCCC(C(C)COC)C1. The zero-order valence-electron chi connectivity index (χ0n) is 10.6. The van der Waals surface area contributed by atoms with Gasteiger partial charge in [0.1, 0.15) is 0 Å². The lowest BCUT2D eigenvalue weighted by Crippen LogP contribution is -2.36. The minimum Gasteiger partial charge on any atom is -0.384 e. The van der Waals surface area contributed by atoms with Crippen molar-refractivity contribution in [1.29, 1.82) is 0 Å². The van der Waals surface area contributed by atoms with Crippen LogP contribution in [-0.2, 0) is 4.74 Å². The van der Waals surface area contributed by atoms with Crippen LogP contribution in [0.25, 0.3) is 0 Å². The molecule has 0 aromatic carbocycles. The van der Waals surface area contributed by atoms with E-state index < -0.39 is 0 Å². The van der Waals surface area contributed by atoms with Crippen LogP contribution in [0.4, 0.5) is 0 Å². The van der Waals surface area contributed by atoms with Gasteiger partial charge in [-0.3, -0.25) is 0 Å². The van der Waals surface area contributed by atoms with E-state index >= 15 is 0 Å². The largest absolute Gasteiger partial charge is 0.384 e. The minimum atomic E-state index is 0.723. The Balaban J connectivity index is 2.28. The lowest BCUT2D eigenvalue weighted by molar-refractivity contribution is 0.107. The van der Waals surface area contributed by atoms with Crippen molar-refractivity contribution in [1.82, 2.24) is 5.32 Å². The van der Waals surface area contributed by atoms with Gasteiger partial charge in [0.15, 0.2) is 0 Å². The second-order valence-corrected chi connectivity index (χ2v) is 5.01. The van der Waals surface area contributed by atoms with Crippen LogP contribution in [0.3, 0.4) is 0 Å². The maximum absolute atomic E-state index is 5.25. The van der Waals surface area contributed by atoms with Crippen molar-refractivity contribution in [2.45, 2.75) is 52.0 Å². The number of hydrogen-bond acceptors (Lipinski definition) is 2. The molecule has 3 unspecified atom stereocenters. The monoisotopic (exact) mass is 213 g/mol. The fourth-order valence-electron chi connectivity index (χ4n) is 2.68. The Kier molecular flexibility index (Phi) is 6.26. The average molecular weight is 213 g/mol. The molecule has 0 amide bonds. The van der Waals surface area contributed by atoms with E-state index in [1.54, 1.807) is 0 Å². The summed E-state index contributed by atoms with van der Waals surface area (Å²) >= 11 is 0. The fourth-order valence-corrected chi connectivity index (χ4v) is 2.68. The third-order valence-electron chi connectivity index (χ3n) is 3.63. The summed E-state index contributed by atoms with van der Waals surface area (Å²) in [5.41, 5.74) is 0. The first-order chi connectivity index (χ1) is 7.27. The molecule has 1 rings (SSSR count). The third kappa shape index (κ3) is 4.52. The number of hydrogen-bond donors (Lipinski definition) is 1. The van der Waals surface area contributed by atoms with Crippen LogP contribution in [0.5, 0.6) is 0 Å². The highest BCUT2D eigenvalue weighted by Crippen LogP contribution is 2.30. The molecule has 2 heteroatoms. The highest BCUT2D eigenvalue weighted by Gasteiger charge is 2.25. The number of nitrogens with one attached hydrogen (secondary N) is 1. The lowest BCUT2D eigenvalue weighted by Gasteiger charge is -2.33. The first kappa shape index (κ1) is 13.0. The van der Waals surface area contributed by atoms with E-state index in [4.69, 9.17) is 4.74 Å². The van der Waals surface area contributed by atoms with E-state index in [1.165, 1.54) is 38.6 Å². The first-order valence-corrected chi connectivity index (χ1v) is 6.50. The smallest absolute Gasteiger partial charge is 0.0490 e. The van der Waals surface area contributed by atoms with Gasteiger partial charge < -0.3 is 10.1 Å². The molecule has 1 saturated carbocycles. The molecule has 1 aliphatic carbocycles. The van der Waals surface area contributed by atoms with Crippen molar-refractivity contribution in [3.05, 3.63) is 0 Å². The van der Waals surface area contributed by atoms with E-state index in [0.29, 0.717) is 0 Å². The van der Waals surface area contributed by atoms with E-state index in [2.05, 4.69) is 19.2 Å². The second-order valence-electron chi connectivity index (χ2n) is 5.01. The van der Waals surface area contributed by atoms with Crippen LogP contribution in [0.15, 0.2) is 0 Å². The summed E-state index contributed by atoms with van der Waals surface area (Å²) in [7, 11) is 1.81. The summed E-state index contributed by atoms with van der Waals surface area (Å²) in [6.07, 6.45) is 6.75. The first-order valence-electron chi connectivity index (χ1n) is 6.50. The summed E-state index contributed by atoms with van der Waals surface area (Å²) in [5.74, 6) is 1.59. The van der Waals surface area contributed by atoms with Gasteiger partial charge in [-0.05, 0) is 44.1 Å². The normalized spacial score (nSPS) is 29.0. The molecule has 90 valence electrons. The Morgan fingerprint density at radius 2 is 2.20 bits per heavy atom. The van der Waals surface area contributed by atoms with E-state index in [1.807, 2.05) is 7.11 Å². The van der Waals surface area contributed by atoms with Crippen molar-refractivity contribution < 1.29 is 4.74 Å². The van der Waals surface area contributed by atoms with Crippen LogP contribution in [-0.4, -0.2) is 26.3 Å². The van der Waals surface area contributed by atoms with Gasteiger partial charge in [0.25, 0.3) is 0 Å². The molecule has 1 fully saturated rings. The molecule has 0 saturated heterocycles. The molecule has 2 nitrogen and oxygen atoms in total. The molecule has 3 atom stereocenters. The van der Waals surface area contributed by atoms with Crippen LogP contribution in [0.2, 0.25) is 0 Å². The summed E-state index contributed by atoms with van der Waals surface area (Å²) in [6, 6.07) is 0.767. The Bertz CT molecular complexity index is 161. The maximum Gasteiger partial charge on any atom is 0.0490 e. The molecule has 1 N–H and O–H groups in total. The van der Waals surface area contributed by atoms with Crippen LogP contribution in [0, 0.1) is 11.8 Å². The van der Waals surface area contributed by atoms with Crippen molar-refractivity contribution >= 4 is 0 Å². The Morgan fingerprint density at radius 3 is 2.87 bits per heavy atom. The fraction of sp³-hybridized carbons (Fsp3) is 1.00. The third-order valence-corrected chi connectivity index (χ3v) is 3.63. The predicted octanol–water partition coefficient (Wildman–Crippen LogP) is 2.83.